The molecule has 4 rings (SSSR count). The summed E-state index contributed by atoms with van der Waals surface area (Å²) in [6.07, 6.45) is 0.620. The van der Waals surface area contributed by atoms with Crippen molar-refractivity contribution in [1.29, 1.82) is 0 Å². The van der Waals surface area contributed by atoms with Gasteiger partial charge < -0.3 is 14.7 Å². The molecule has 2 unspecified atom stereocenters. The lowest BCUT2D eigenvalue weighted by atomic mass is 9.83. The summed E-state index contributed by atoms with van der Waals surface area (Å²) < 4.78 is 34.7. The van der Waals surface area contributed by atoms with E-state index in [-0.39, 0.29) is 17.5 Å². The largest absolute Gasteiger partial charge is 0.480 e. The third-order valence-corrected chi connectivity index (χ3v) is 8.77. The van der Waals surface area contributed by atoms with Gasteiger partial charge in [-0.3, -0.25) is 4.79 Å². The summed E-state index contributed by atoms with van der Waals surface area (Å²) in [5, 5.41) is 10.7. The average Bonchev–Trinajstić information content (AvgIpc) is 2.92. The van der Waals surface area contributed by atoms with Crippen molar-refractivity contribution in [3.63, 3.8) is 0 Å². The number of benzene rings is 3. The minimum Gasteiger partial charge on any atom is -0.480 e. The smallest absolute Gasteiger partial charge is 0.410 e. The van der Waals surface area contributed by atoms with Crippen molar-refractivity contribution in [3.8, 4) is 11.1 Å². The Labute approximate surface area is 246 Å². The predicted molar refractivity (Wildman–Crippen MR) is 158 cm³/mol. The van der Waals surface area contributed by atoms with Crippen LogP contribution in [-0.4, -0.2) is 54.7 Å². The zero-order valence-electron chi connectivity index (χ0n) is 23.3. The second-order valence-corrected chi connectivity index (χ2v) is 13.4. The molecule has 1 aliphatic rings. The van der Waals surface area contributed by atoms with Crippen molar-refractivity contribution in [2.45, 2.75) is 62.6 Å². The highest BCUT2D eigenvalue weighted by Gasteiger charge is 2.41. The Morgan fingerprint density at radius 2 is 1.59 bits per heavy atom. The summed E-state index contributed by atoms with van der Waals surface area (Å²) in [5.41, 5.74) is 1.97. The highest BCUT2D eigenvalue weighted by Crippen LogP contribution is 2.31. The Bertz CT molecular complexity index is 1460. The third kappa shape index (κ3) is 8.09. The van der Waals surface area contributed by atoms with E-state index in [9.17, 15) is 23.1 Å². The molecule has 0 spiro atoms. The average molecular weight is 599 g/mol. The number of carboxylic acids is 1. The van der Waals surface area contributed by atoms with Gasteiger partial charge in [-0.25, -0.2) is 13.2 Å². The molecule has 1 saturated heterocycles. The van der Waals surface area contributed by atoms with Crippen LogP contribution in [0, 0.1) is 5.92 Å². The topological polar surface area (TPSA) is 113 Å². The minimum atomic E-state index is -4.15. The number of halogens is 1. The van der Waals surface area contributed by atoms with Crippen LogP contribution >= 0.6 is 11.6 Å². The molecule has 1 heterocycles. The van der Waals surface area contributed by atoms with Crippen LogP contribution in [0.4, 0.5) is 4.79 Å². The highest BCUT2D eigenvalue weighted by atomic mass is 35.5. The Hall–Kier alpha value is -3.40. The van der Waals surface area contributed by atoms with Crippen LogP contribution in [0.5, 0.6) is 0 Å². The first-order chi connectivity index (χ1) is 19.3. The van der Waals surface area contributed by atoms with Gasteiger partial charge >= 0.3 is 12.1 Å². The number of carboxylic acid groups (broad SMARTS) is 1. The lowest BCUT2D eigenvalue weighted by Crippen LogP contribution is -2.54. The lowest BCUT2D eigenvalue weighted by molar-refractivity contribution is -0.141. The molecule has 218 valence electrons. The molecule has 3 aromatic carbocycles. The molecule has 0 bridgehead atoms. The first-order valence-corrected chi connectivity index (χ1v) is 15.3. The summed E-state index contributed by atoms with van der Waals surface area (Å²) in [6.45, 7) is 5.63. The number of amides is 1. The Morgan fingerprint density at radius 3 is 2.15 bits per heavy atom. The number of rotatable bonds is 8. The van der Waals surface area contributed by atoms with Crippen LogP contribution in [0.2, 0.25) is 5.02 Å². The van der Waals surface area contributed by atoms with Crippen molar-refractivity contribution >= 4 is 33.7 Å². The van der Waals surface area contributed by atoms with Gasteiger partial charge in [0.25, 0.3) is 0 Å². The molecule has 3 atom stereocenters. The fourth-order valence-corrected chi connectivity index (χ4v) is 6.46. The number of carbonyl (C=O) groups excluding carboxylic acids is 1. The maximum absolute atomic E-state index is 13.3. The Kier molecular flexibility index (Phi) is 9.41. The van der Waals surface area contributed by atoms with E-state index in [0.29, 0.717) is 24.3 Å². The molecule has 0 aliphatic carbocycles. The van der Waals surface area contributed by atoms with E-state index >= 15 is 0 Å². The molecule has 1 fully saturated rings. The molecule has 10 heteroatoms. The molecule has 0 saturated carbocycles. The monoisotopic (exact) mass is 598 g/mol. The van der Waals surface area contributed by atoms with E-state index in [4.69, 9.17) is 16.3 Å². The Balaban J connectivity index is 1.53. The first kappa shape index (κ1) is 30.6. The second kappa shape index (κ2) is 12.6. The number of aliphatic carboxylic acids is 1. The molecule has 2 N–H and O–H groups in total. The van der Waals surface area contributed by atoms with E-state index in [1.165, 1.54) is 12.1 Å². The molecule has 41 heavy (non-hydrogen) atoms. The summed E-state index contributed by atoms with van der Waals surface area (Å²) in [4.78, 5) is 27.1. The number of sulfonamides is 1. The van der Waals surface area contributed by atoms with Crippen molar-refractivity contribution < 1.29 is 27.9 Å². The number of nitrogens with zero attached hydrogens (tertiary/aromatic N) is 1. The molecular weight excluding hydrogens is 564 g/mol. The molecular formula is C31H35ClN2O6S. The summed E-state index contributed by atoms with van der Waals surface area (Å²) >= 11 is 5.96. The van der Waals surface area contributed by atoms with E-state index < -0.39 is 39.6 Å². The fourth-order valence-electron chi connectivity index (χ4n) is 5.08. The third-order valence-electron chi connectivity index (χ3n) is 7.06. The van der Waals surface area contributed by atoms with E-state index in [0.717, 1.165) is 16.7 Å². The van der Waals surface area contributed by atoms with Crippen molar-refractivity contribution in [1.82, 2.24) is 9.62 Å². The summed E-state index contributed by atoms with van der Waals surface area (Å²) in [5.74, 6) is -1.80. The number of carbonyl (C=O) groups is 2. The second-order valence-electron chi connectivity index (χ2n) is 11.3. The molecule has 3 aromatic rings. The van der Waals surface area contributed by atoms with Crippen LogP contribution in [0.1, 0.15) is 39.2 Å². The van der Waals surface area contributed by atoms with E-state index in [1.54, 1.807) is 49.9 Å². The standard InChI is InChI=1S/C31H35ClN2O6S/c1-31(2,3)40-30(37)34-18-17-24(20-26(34)19-21-7-5-4-6-8-21)28(29(35)36)33-41(38,39)27-15-11-23(12-16-27)22-9-13-25(32)14-10-22/h4-16,24,26,28,33H,17-20H2,1-3H3,(H,35,36)/t24?,26?,28-/m1/s1. The highest BCUT2D eigenvalue weighted by molar-refractivity contribution is 7.89. The molecule has 0 aromatic heterocycles. The quantitative estimate of drug-likeness (QED) is 0.329. The minimum absolute atomic E-state index is 0.0338. The van der Waals surface area contributed by atoms with Gasteiger partial charge in [-0.15, -0.1) is 0 Å². The molecule has 1 amide bonds. The fraction of sp³-hybridized carbons (Fsp3) is 0.355. The van der Waals surface area contributed by atoms with Crippen LogP contribution in [-0.2, 0) is 26.0 Å². The first-order valence-electron chi connectivity index (χ1n) is 13.5. The number of hydrogen-bond donors (Lipinski definition) is 2. The lowest BCUT2D eigenvalue weighted by Gasteiger charge is -2.41. The van der Waals surface area contributed by atoms with Crippen LogP contribution in [0.15, 0.2) is 83.8 Å². The van der Waals surface area contributed by atoms with Crippen molar-refractivity contribution in [3.05, 3.63) is 89.4 Å². The van der Waals surface area contributed by atoms with Gasteiger partial charge in [0.1, 0.15) is 11.6 Å². The molecule has 1 aliphatic heterocycles. The summed E-state index contributed by atoms with van der Waals surface area (Å²) in [7, 11) is -4.15. The number of piperidine rings is 1. The Morgan fingerprint density at radius 1 is 1.00 bits per heavy atom. The zero-order chi connectivity index (χ0) is 29.8. The number of likely N-dealkylation sites (tertiary alicyclic amines) is 1. The number of hydrogen-bond acceptors (Lipinski definition) is 5. The maximum atomic E-state index is 13.3. The van der Waals surface area contributed by atoms with Gasteiger partial charge in [-0.05, 0) is 86.9 Å². The zero-order valence-corrected chi connectivity index (χ0v) is 24.9. The summed E-state index contributed by atoms with van der Waals surface area (Å²) in [6, 6.07) is 21.3. The number of ether oxygens (including phenoxy) is 1. The maximum Gasteiger partial charge on any atom is 0.410 e. The van der Waals surface area contributed by atoms with Gasteiger partial charge in [-0.2, -0.15) is 4.72 Å². The normalized spacial score (nSPS) is 18.5. The van der Waals surface area contributed by atoms with Gasteiger partial charge in [-0.1, -0.05) is 66.2 Å². The van der Waals surface area contributed by atoms with Crippen molar-refractivity contribution in [2.75, 3.05) is 6.54 Å². The van der Waals surface area contributed by atoms with Crippen LogP contribution < -0.4 is 4.72 Å². The van der Waals surface area contributed by atoms with Gasteiger partial charge in [0, 0.05) is 17.6 Å². The van der Waals surface area contributed by atoms with Crippen molar-refractivity contribution in [2.24, 2.45) is 5.92 Å². The molecule has 0 radical (unpaired) electrons. The predicted octanol–water partition coefficient (Wildman–Crippen LogP) is 6.00. The van der Waals surface area contributed by atoms with E-state index in [2.05, 4.69) is 4.72 Å². The number of nitrogens with one attached hydrogen (secondary N) is 1. The van der Waals surface area contributed by atoms with Crippen LogP contribution in [0.3, 0.4) is 0 Å². The van der Waals surface area contributed by atoms with E-state index in [1.807, 2.05) is 42.5 Å². The van der Waals surface area contributed by atoms with Gasteiger partial charge in [0.05, 0.1) is 4.90 Å². The molecule has 8 nitrogen and oxygen atoms in total. The SMILES string of the molecule is CC(C)(C)OC(=O)N1CCC([C@@H](NS(=O)(=O)c2ccc(-c3ccc(Cl)cc3)cc2)C(=O)O)CC1Cc1ccccc1. The van der Waals surface area contributed by atoms with Crippen LogP contribution in [0.25, 0.3) is 11.1 Å². The van der Waals surface area contributed by atoms with Gasteiger partial charge in [0.2, 0.25) is 10.0 Å². The van der Waals surface area contributed by atoms with Gasteiger partial charge in [0.15, 0.2) is 0 Å².